The third kappa shape index (κ3) is 3.62. The van der Waals surface area contributed by atoms with E-state index in [0.29, 0.717) is 0 Å². The first kappa shape index (κ1) is 16.2. The molecule has 3 heteroatoms. The van der Waals surface area contributed by atoms with Gasteiger partial charge in [-0.2, -0.15) is 8.78 Å². The summed E-state index contributed by atoms with van der Waals surface area (Å²) in [6.45, 7) is -0.681. The topological polar surface area (TPSA) is 9.23 Å². The number of halogens is 2. The van der Waals surface area contributed by atoms with E-state index in [2.05, 4.69) is 42.0 Å². The second kappa shape index (κ2) is 7.26. The molecule has 1 nitrogen and oxygen atoms in total. The van der Waals surface area contributed by atoms with Crippen LogP contribution in [0, 0.1) is 0 Å². The van der Waals surface area contributed by atoms with Crippen LogP contribution in [0.1, 0.15) is 12.5 Å². The standard InChI is InChI=1S/C21H18F2O/c1-2-15-8-13-19(20(14-15)16-6-4-3-5-7-16)17-9-11-18(12-10-17)24-21(22)23/h3-14,21H,2H2,1H3. The molecule has 0 N–H and O–H groups in total. The van der Waals surface area contributed by atoms with Gasteiger partial charge in [0.25, 0.3) is 0 Å². The van der Waals surface area contributed by atoms with E-state index in [-0.39, 0.29) is 5.75 Å². The van der Waals surface area contributed by atoms with Crippen LogP contribution in [0.2, 0.25) is 0 Å². The fourth-order valence-electron chi connectivity index (χ4n) is 2.74. The Morgan fingerprint density at radius 2 is 1.46 bits per heavy atom. The maximum atomic E-state index is 12.3. The first-order valence-electron chi connectivity index (χ1n) is 7.91. The average Bonchev–Trinajstić information content (AvgIpc) is 2.62. The second-order valence-corrected chi connectivity index (χ2v) is 5.50. The first-order valence-corrected chi connectivity index (χ1v) is 7.91. The Morgan fingerprint density at radius 1 is 0.792 bits per heavy atom. The normalized spacial score (nSPS) is 10.8. The molecule has 122 valence electrons. The van der Waals surface area contributed by atoms with Crippen molar-refractivity contribution in [2.24, 2.45) is 0 Å². The van der Waals surface area contributed by atoms with Crippen molar-refractivity contribution in [3.05, 3.63) is 78.4 Å². The summed E-state index contributed by atoms with van der Waals surface area (Å²) in [7, 11) is 0. The summed E-state index contributed by atoms with van der Waals surface area (Å²) in [5, 5.41) is 0. The number of benzene rings is 3. The van der Waals surface area contributed by atoms with Crippen molar-refractivity contribution in [2.75, 3.05) is 0 Å². The summed E-state index contributed by atoms with van der Waals surface area (Å²) in [5.74, 6) is 0.167. The van der Waals surface area contributed by atoms with Crippen LogP contribution in [0.25, 0.3) is 22.3 Å². The SMILES string of the molecule is CCc1ccc(-c2ccc(OC(F)F)cc2)c(-c2ccccc2)c1. The summed E-state index contributed by atoms with van der Waals surface area (Å²) in [5.41, 5.74) is 5.57. The minimum Gasteiger partial charge on any atom is -0.435 e. The summed E-state index contributed by atoms with van der Waals surface area (Å²) < 4.78 is 29.0. The van der Waals surface area contributed by atoms with Gasteiger partial charge in [-0.15, -0.1) is 0 Å². The fraction of sp³-hybridized carbons (Fsp3) is 0.143. The third-order valence-corrected chi connectivity index (χ3v) is 3.97. The molecule has 3 aromatic carbocycles. The average molecular weight is 324 g/mol. The number of hydrogen-bond acceptors (Lipinski definition) is 1. The quantitative estimate of drug-likeness (QED) is 0.544. The number of aryl methyl sites for hydroxylation is 1. The van der Waals surface area contributed by atoms with E-state index < -0.39 is 6.61 Å². The first-order chi connectivity index (χ1) is 11.7. The molecule has 0 amide bonds. The zero-order valence-electron chi connectivity index (χ0n) is 13.4. The summed E-state index contributed by atoms with van der Waals surface area (Å²) in [6, 6.07) is 23.3. The summed E-state index contributed by atoms with van der Waals surface area (Å²) in [6.07, 6.45) is 0.960. The van der Waals surface area contributed by atoms with Crippen LogP contribution in [0.5, 0.6) is 5.75 Å². The van der Waals surface area contributed by atoms with E-state index >= 15 is 0 Å². The van der Waals surface area contributed by atoms with E-state index in [1.54, 1.807) is 12.1 Å². The van der Waals surface area contributed by atoms with E-state index in [0.717, 1.165) is 28.7 Å². The number of alkyl halides is 2. The number of rotatable bonds is 5. The van der Waals surface area contributed by atoms with Gasteiger partial charge in [0.1, 0.15) is 5.75 Å². The molecule has 0 heterocycles. The van der Waals surface area contributed by atoms with Crippen LogP contribution in [-0.4, -0.2) is 6.61 Å². The van der Waals surface area contributed by atoms with Gasteiger partial charge >= 0.3 is 6.61 Å². The molecule has 0 bridgehead atoms. The third-order valence-electron chi connectivity index (χ3n) is 3.97. The van der Waals surface area contributed by atoms with Gasteiger partial charge in [-0.05, 0) is 46.4 Å². The van der Waals surface area contributed by atoms with Crippen LogP contribution in [0.15, 0.2) is 72.8 Å². The van der Waals surface area contributed by atoms with Crippen LogP contribution < -0.4 is 4.74 Å². The maximum absolute atomic E-state index is 12.3. The highest BCUT2D eigenvalue weighted by molar-refractivity contribution is 5.84. The molecule has 0 aliphatic heterocycles. The van der Waals surface area contributed by atoms with Crippen molar-refractivity contribution in [3.8, 4) is 28.0 Å². The lowest BCUT2D eigenvalue weighted by atomic mass is 9.92. The van der Waals surface area contributed by atoms with Crippen molar-refractivity contribution in [3.63, 3.8) is 0 Å². The van der Waals surface area contributed by atoms with Crippen LogP contribution in [-0.2, 0) is 6.42 Å². The Balaban J connectivity index is 2.04. The highest BCUT2D eigenvalue weighted by Crippen LogP contribution is 2.34. The summed E-state index contributed by atoms with van der Waals surface area (Å²) in [4.78, 5) is 0. The molecule has 3 rings (SSSR count). The molecule has 0 radical (unpaired) electrons. The van der Waals surface area contributed by atoms with Gasteiger partial charge in [0.2, 0.25) is 0 Å². The number of hydrogen-bond donors (Lipinski definition) is 0. The van der Waals surface area contributed by atoms with E-state index in [1.807, 2.05) is 30.3 Å². The van der Waals surface area contributed by atoms with Gasteiger partial charge in [-0.3, -0.25) is 0 Å². The van der Waals surface area contributed by atoms with E-state index in [4.69, 9.17) is 0 Å². The van der Waals surface area contributed by atoms with E-state index in [9.17, 15) is 8.78 Å². The molecule has 0 saturated carbocycles. The van der Waals surface area contributed by atoms with Crippen molar-refractivity contribution in [2.45, 2.75) is 20.0 Å². The molecular weight excluding hydrogens is 306 g/mol. The molecule has 0 spiro atoms. The predicted octanol–water partition coefficient (Wildman–Crippen LogP) is 6.18. The Kier molecular flexibility index (Phi) is 4.90. The summed E-state index contributed by atoms with van der Waals surface area (Å²) >= 11 is 0. The Bertz CT molecular complexity index is 796. The second-order valence-electron chi connectivity index (χ2n) is 5.50. The van der Waals surface area contributed by atoms with Gasteiger partial charge in [-0.25, -0.2) is 0 Å². The molecule has 0 saturated heterocycles. The molecule has 0 fully saturated rings. The highest BCUT2D eigenvalue weighted by atomic mass is 19.3. The fourth-order valence-corrected chi connectivity index (χ4v) is 2.74. The lowest BCUT2D eigenvalue weighted by Crippen LogP contribution is -2.01. The van der Waals surface area contributed by atoms with Crippen LogP contribution in [0.3, 0.4) is 0 Å². The lowest BCUT2D eigenvalue weighted by molar-refractivity contribution is -0.0498. The van der Waals surface area contributed by atoms with E-state index in [1.165, 1.54) is 5.56 Å². The van der Waals surface area contributed by atoms with Gasteiger partial charge in [0.05, 0.1) is 0 Å². The molecule has 0 aromatic heterocycles. The van der Waals surface area contributed by atoms with Crippen LogP contribution >= 0.6 is 0 Å². The van der Waals surface area contributed by atoms with Crippen LogP contribution in [0.4, 0.5) is 8.78 Å². The molecule has 0 aliphatic rings. The van der Waals surface area contributed by atoms with Crippen molar-refractivity contribution < 1.29 is 13.5 Å². The lowest BCUT2D eigenvalue weighted by Gasteiger charge is -2.13. The molecular formula is C21H18F2O. The van der Waals surface area contributed by atoms with Gasteiger partial charge in [0.15, 0.2) is 0 Å². The Morgan fingerprint density at radius 3 is 2.08 bits per heavy atom. The monoisotopic (exact) mass is 324 g/mol. The molecule has 24 heavy (non-hydrogen) atoms. The van der Waals surface area contributed by atoms with Gasteiger partial charge < -0.3 is 4.74 Å². The zero-order valence-corrected chi connectivity index (χ0v) is 13.4. The predicted molar refractivity (Wildman–Crippen MR) is 93.3 cm³/mol. The van der Waals surface area contributed by atoms with Crippen molar-refractivity contribution in [1.29, 1.82) is 0 Å². The minimum absolute atomic E-state index is 0.167. The molecule has 0 atom stereocenters. The zero-order chi connectivity index (χ0) is 16.9. The maximum Gasteiger partial charge on any atom is 0.387 e. The van der Waals surface area contributed by atoms with Gasteiger partial charge in [0, 0.05) is 0 Å². The minimum atomic E-state index is -2.81. The smallest absolute Gasteiger partial charge is 0.387 e. The Hall–Kier alpha value is -2.68. The van der Waals surface area contributed by atoms with Gasteiger partial charge in [-0.1, -0.05) is 67.6 Å². The largest absolute Gasteiger partial charge is 0.435 e. The molecule has 0 aliphatic carbocycles. The Labute approximate surface area is 140 Å². The van der Waals surface area contributed by atoms with Crippen molar-refractivity contribution >= 4 is 0 Å². The molecule has 0 unspecified atom stereocenters. The molecule has 3 aromatic rings. The highest BCUT2D eigenvalue weighted by Gasteiger charge is 2.10. The number of ether oxygens (including phenoxy) is 1. The van der Waals surface area contributed by atoms with Crippen molar-refractivity contribution in [1.82, 2.24) is 0 Å².